The molecule has 1 aliphatic heterocycles. The molecule has 0 radical (unpaired) electrons. The minimum absolute atomic E-state index is 0.213. The van der Waals surface area contributed by atoms with Gasteiger partial charge in [0.15, 0.2) is 0 Å². The SMILES string of the molecule is O=C(NC1COCC1n1ncccc1=O)c1ccc2ncccc2c1. The topological polar surface area (TPSA) is 86.1 Å². The van der Waals surface area contributed by atoms with Crippen molar-refractivity contribution in [2.75, 3.05) is 13.2 Å². The molecule has 0 saturated carbocycles. The normalized spacial score (nSPS) is 19.8. The molecule has 3 heterocycles. The zero-order valence-corrected chi connectivity index (χ0v) is 13.3. The number of rotatable bonds is 3. The average molecular weight is 336 g/mol. The maximum atomic E-state index is 12.6. The molecule has 126 valence electrons. The molecule has 1 aromatic carbocycles. The van der Waals surface area contributed by atoms with Crippen LogP contribution in [0.2, 0.25) is 0 Å². The first-order chi connectivity index (χ1) is 12.2. The van der Waals surface area contributed by atoms with E-state index < -0.39 is 0 Å². The summed E-state index contributed by atoms with van der Waals surface area (Å²) in [5.41, 5.74) is 1.16. The van der Waals surface area contributed by atoms with Gasteiger partial charge in [-0.1, -0.05) is 6.07 Å². The molecule has 0 bridgehead atoms. The summed E-state index contributed by atoms with van der Waals surface area (Å²) in [6, 6.07) is 11.5. The number of pyridine rings is 1. The van der Waals surface area contributed by atoms with Gasteiger partial charge in [0.1, 0.15) is 6.04 Å². The molecule has 1 aliphatic rings. The Hall–Kier alpha value is -3.06. The lowest BCUT2D eigenvalue weighted by Gasteiger charge is -2.20. The number of ether oxygens (including phenoxy) is 1. The van der Waals surface area contributed by atoms with E-state index >= 15 is 0 Å². The van der Waals surface area contributed by atoms with Crippen molar-refractivity contribution in [3.63, 3.8) is 0 Å². The summed E-state index contributed by atoms with van der Waals surface area (Å²) in [6.45, 7) is 0.679. The fourth-order valence-electron chi connectivity index (χ4n) is 3.01. The van der Waals surface area contributed by atoms with Crippen LogP contribution in [-0.4, -0.2) is 39.9 Å². The van der Waals surface area contributed by atoms with Crippen LogP contribution in [0.25, 0.3) is 10.9 Å². The smallest absolute Gasteiger partial charge is 0.267 e. The van der Waals surface area contributed by atoms with Gasteiger partial charge in [0.25, 0.3) is 11.5 Å². The molecule has 1 saturated heterocycles. The summed E-state index contributed by atoms with van der Waals surface area (Å²) in [5.74, 6) is -0.213. The van der Waals surface area contributed by atoms with Crippen LogP contribution in [-0.2, 0) is 4.74 Å². The Morgan fingerprint density at radius 2 is 2.04 bits per heavy atom. The van der Waals surface area contributed by atoms with E-state index in [1.54, 1.807) is 30.6 Å². The van der Waals surface area contributed by atoms with Crippen LogP contribution < -0.4 is 10.9 Å². The van der Waals surface area contributed by atoms with Crippen molar-refractivity contribution in [2.45, 2.75) is 12.1 Å². The number of nitrogens with zero attached hydrogens (tertiary/aromatic N) is 3. The van der Waals surface area contributed by atoms with Crippen LogP contribution in [0.3, 0.4) is 0 Å². The van der Waals surface area contributed by atoms with Crippen LogP contribution in [0.1, 0.15) is 16.4 Å². The molecule has 2 atom stereocenters. The van der Waals surface area contributed by atoms with E-state index in [9.17, 15) is 9.59 Å². The van der Waals surface area contributed by atoms with Crippen LogP contribution in [0.4, 0.5) is 0 Å². The zero-order chi connectivity index (χ0) is 17.2. The monoisotopic (exact) mass is 336 g/mol. The third kappa shape index (κ3) is 3.01. The lowest BCUT2D eigenvalue weighted by molar-refractivity contribution is 0.0925. The van der Waals surface area contributed by atoms with Crippen molar-refractivity contribution in [1.82, 2.24) is 20.1 Å². The summed E-state index contributed by atoms with van der Waals surface area (Å²) >= 11 is 0. The second kappa shape index (κ2) is 6.45. The first kappa shape index (κ1) is 15.5. The van der Waals surface area contributed by atoms with Gasteiger partial charge >= 0.3 is 0 Å². The highest BCUT2D eigenvalue weighted by atomic mass is 16.5. The molecule has 1 N–H and O–H groups in total. The number of carbonyl (C=O) groups excluding carboxylic acids is 1. The van der Waals surface area contributed by atoms with Gasteiger partial charge in [0.05, 0.1) is 24.8 Å². The van der Waals surface area contributed by atoms with Gasteiger partial charge in [-0.2, -0.15) is 5.10 Å². The Morgan fingerprint density at radius 1 is 1.16 bits per heavy atom. The fraction of sp³-hybridized carbons (Fsp3) is 0.222. The van der Waals surface area contributed by atoms with Crippen LogP contribution >= 0.6 is 0 Å². The molecular weight excluding hydrogens is 320 g/mol. The Morgan fingerprint density at radius 3 is 2.92 bits per heavy atom. The van der Waals surface area contributed by atoms with Crippen LogP contribution in [0.15, 0.2) is 59.7 Å². The van der Waals surface area contributed by atoms with Crippen molar-refractivity contribution in [3.05, 3.63) is 70.8 Å². The maximum Gasteiger partial charge on any atom is 0.267 e. The summed E-state index contributed by atoms with van der Waals surface area (Å²) in [5, 5.41) is 7.95. The number of aromatic nitrogens is 3. The highest BCUT2D eigenvalue weighted by Gasteiger charge is 2.32. The third-order valence-corrected chi connectivity index (χ3v) is 4.29. The van der Waals surface area contributed by atoms with Gasteiger partial charge in [-0.15, -0.1) is 0 Å². The van der Waals surface area contributed by atoms with E-state index in [-0.39, 0.29) is 23.6 Å². The lowest BCUT2D eigenvalue weighted by atomic mass is 10.1. The summed E-state index contributed by atoms with van der Waals surface area (Å²) in [7, 11) is 0. The first-order valence-electron chi connectivity index (χ1n) is 7.99. The summed E-state index contributed by atoms with van der Waals surface area (Å²) in [4.78, 5) is 28.8. The number of carbonyl (C=O) groups is 1. The van der Waals surface area contributed by atoms with Gasteiger partial charge in [0, 0.05) is 29.4 Å². The average Bonchev–Trinajstić information content (AvgIpc) is 3.09. The van der Waals surface area contributed by atoms with Crippen molar-refractivity contribution in [3.8, 4) is 0 Å². The molecule has 1 fully saturated rings. The number of hydrogen-bond donors (Lipinski definition) is 1. The van der Waals surface area contributed by atoms with Crippen LogP contribution in [0, 0.1) is 0 Å². The third-order valence-electron chi connectivity index (χ3n) is 4.29. The van der Waals surface area contributed by atoms with Gasteiger partial charge in [-0.05, 0) is 30.3 Å². The number of nitrogens with one attached hydrogen (secondary N) is 1. The van der Waals surface area contributed by atoms with Gasteiger partial charge in [-0.25, -0.2) is 4.68 Å². The molecule has 2 aromatic heterocycles. The molecule has 2 unspecified atom stereocenters. The first-order valence-corrected chi connectivity index (χ1v) is 7.99. The largest absolute Gasteiger partial charge is 0.377 e. The quantitative estimate of drug-likeness (QED) is 0.776. The van der Waals surface area contributed by atoms with Crippen molar-refractivity contribution >= 4 is 16.8 Å². The fourth-order valence-corrected chi connectivity index (χ4v) is 3.01. The van der Waals surface area contributed by atoms with E-state index in [0.29, 0.717) is 18.8 Å². The van der Waals surface area contributed by atoms with Gasteiger partial charge in [0.2, 0.25) is 0 Å². The van der Waals surface area contributed by atoms with E-state index in [2.05, 4.69) is 15.4 Å². The molecule has 1 amide bonds. The number of hydrogen-bond acceptors (Lipinski definition) is 5. The maximum absolute atomic E-state index is 12.6. The molecule has 3 aromatic rings. The van der Waals surface area contributed by atoms with Gasteiger partial charge in [-0.3, -0.25) is 14.6 Å². The Balaban J connectivity index is 1.56. The van der Waals surface area contributed by atoms with E-state index in [4.69, 9.17) is 4.74 Å². The van der Waals surface area contributed by atoms with E-state index in [1.165, 1.54) is 10.7 Å². The highest BCUT2D eigenvalue weighted by molar-refractivity contribution is 5.98. The lowest BCUT2D eigenvalue weighted by Crippen LogP contribution is -2.43. The number of benzene rings is 1. The Bertz CT molecular complexity index is 985. The molecule has 25 heavy (non-hydrogen) atoms. The molecule has 0 aliphatic carbocycles. The minimum Gasteiger partial charge on any atom is -0.377 e. The van der Waals surface area contributed by atoms with Crippen LogP contribution in [0.5, 0.6) is 0 Å². The van der Waals surface area contributed by atoms with E-state index in [0.717, 1.165) is 10.9 Å². The molecular formula is C18H16N4O3. The molecule has 0 spiro atoms. The molecule has 4 rings (SSSR count). The van der Waals surface area contributed by atoms with E-state index in [1.807, 2.05) is 18.2 Å². The predicted octanol–water partition coefficient (Wildman–Crippen LogP) is 1.16. The minimum atomic E-state index is -0.320. The number of fused-ring (bicyclic) bond motifs is 1. The summed E-state index contributed by atoms with van der Waals surface area (Å²) < 4.78 is 6.83. The molecule has 7 nitrogen and oxygen atoms in total. The summed E-state index contributed by atoms with van der Waals surface area (Å²) in [6.07, 6.45) is 3.27. The van der Waals surface area contributed by atoms with Crippen molar-refractivity contribution in [2.24, 2.45) is 0 Å². The Kier molecular flexibility index (Phi) is 3.99. The zero-order valence-electron chi connectivity index (χ0n) is 13.3. The van der Waals surface area contributed by atoms with Gasteiger partial charge < -0.3 is 10.1 Å². The number of amides is 1. The van der Waals surface area contributed by atoms with Crippen molar-refractivity contribution in [1.29, 1.82) is 0 Å². The van der Waals surface area contributed by atoms with Crippen molar-refractivity contribution < 1.29 is 9.53 Å². The molecule has 7 heteroatoms. The second-order valence-electron chi connectivity index (χ2n) is 5.90. The standard InChI is InChI=1S/C18H16N4O3/c23-17-4-2-8-20-22(17)16-11-25-10-15(16)21-18(24)13-5-6-14-12(9-13)3-1-7-19-14/h1-9,15-16H,10-11H2,(H,21,24). The Labute approximate surface area is 143 Å². The second-order valence-corrected chi connectivity index (χ2v) is 5.90. The predicted molar refractivity (Wildman–Crippen MR) is 91.4 cm³/mol. The highest BCUT2D eigenvalue weighted by Crippen LogP contribution is 2.18.